The van der Waals surface area contributed by atoms with Gasteiger partial charge in [0.25, 0.3) is 11.8 Å². The lowest BCUT2D eigenvalue weighted by Crippen LogP contribution is -2.39. The van der Waals surface area contributed by atoms with Crippen molar-refractivity contribution in [2.45, 2.75) is 38.1 Å². The van der Waals surface area contributed by atoms with Gasteiger partial charge < -0.3 is 14.8 Å². The summed E-state index contributed by atoms with van der Waals surface area (Å²) in [6.07, 6.45) is 7.93. The van der Waals surface area contributed by atoms with E-state index >= 15 is 0 Å². The molecule has 3 rings (SSSR count). The van der Waals surface area contributed by atoms with Crippen molar-refractivity contribution < 1.29 is 27.5 Å². The molecule has 37 heavy (non-hydrogen) atoms. The van der Waals surface area contributed by atoms with E-state index in [1.54, 1.807) is 24.3 Å². The molecule has 0 unspecified atom stereocenters. The van der Waals surface area contributed by atoms with Gasteiger partial charge in [0.1, 0.15) is 18.0 Å². The molecule has 10 nitrogen and oxygen atoms in total. The smallest absolute Gasteiger partial charge is 0.260 e. The van der Waals surface area contributed by atoms with Crippen molar-refractivity contribution in [1.82, 2.24) is 10.7 Å². The largest absolute Gasteiger partial charge is 0.495 e. The molecule has 0 heterocycles. The van der Waals surface area contributed by atoms with E-state index in [9.17, 15) is 18.0 Å². The Labute approximate surface area is 222 Å². The average molecular weight is 551 g/mol. The van der Waals surface area contributed by atoms with Crippen molar-refractivity contribution >= 4 is 45.3 Å². The molecule has 2 amide bonds. The van der Waals surface area contributed by atoms with Crippen molar-refractivity contribution in [2.75, 3.05) is 30.8 Å². The van der Waals surface area contributed by atoms with Gasteiger partial charge in [-0.3, -0.25) is 13.9 Å². The van der Waals surface area contributed by atoms with Crippen LogP contribution in [0.25, 0.3) is 0 Å². The molecule has 0 saturated heterocycles. The zero-order valence-electron chi connectivity index (χ0n) is 20.8. The van der Waals surface area contributed by atoms with Gasteiger partial charge in [0.15, 0.2) is 6.61 Å². The van der Waals surface area contributed by atoms with Gasteiger partial charge in [-0.25, -0.2) is 13.8 Å². The first-order valence-corrected chi connectivity index (χ1v) is 14.0. The minimum Gasteiger partial charge on any atom is -0.495 e. The summed E-state index contributed by atoms with van der Waals surface area (Å²) in [6.45, 7) is -0.551. The second-order valence-electron chi connectivity index (χ2n) is 8.64. The van der Waals surface area contributed by atoms with Crippen LogP contribution in [0, 0.1) is 0 Å². The van der Waals surface area contributed by atoms with Crippen molar-refractivity contribution in [1.29, 1.82) is 0 Å². The quantitative estimate of drug-likeness (QED) is 0.327. The Hall–Kier alpha value is -3.31. The third-order valence-corrected chi connectivity index (χ3v) is 7.17. The van der Waals surface area contributed by atoms with Crippen LogP contribution in [-0.4, -0.2) is 59.0 Å². The first-order valence-electron chi connectivity index (χ1n) is 11.8. The van der Waals surface area contributed by atoms with E-state index in [0.29, 0.717) is 17.1 Å². The lowest BCUT2D eigenvalue weighted by molar-refractivity contribution is -0.124. The van der Waals surface area contributed by atoms with E-state index in [1.807, 2.05) is 0 Å². The van der Waals surface area contributed by atoms with Crippen LogP contribution in [-0.2, 0) is 19.6 Å². The summed E-state index contributed by atoms with van der Waals surface area (Å²) in [5.41, 5.74) is 3.20. The topological polar surface area (TPSA) is 126 Å². The summed E-state index contributed by atoms with van der Waals surface area (Å²) < 4.78 is 36.0. The summed E-state index contributed by atoms with van der Waals surface area (Å²) in [4.78, 5) is 24.5. The van der Waals surface area contributed by atoms with E-state index in [-0.39, 0.29) is 29.3 Å². The van der Waals surface area contributed by atoms with Gasteiger partial charge in [0.05, 0.1) is 30.3 Å². The summed E-state index contributed by atoms with van der Waals surface area (Å²) in [6, 6.07) is 11.5. The number of amides is 2. The zero-order valence-corrected chi connectivity index (χ0v) is 22.3. The first-order chi connectivity index (χ1) is 17.7. The van der Waals surface area contributed by atoms with Crippen molar-refractivity contribution in [3.63, 3.8) is 0 Å². The number of sulfonamides is 1. The molecule has 0 atom stereocenters. The molecule has 0 aliphatic heterocycles. The monoisotopic (exact) mass is 550 g/mol. The van der Waals surface area contributed by atoms with E-state index < -0.39 is 22.5 Å². The number of anilines is 1. The van der Waals surface area contributed by atoms with E-state index in [0.717, 1.165) is 36.2 Å². The molecule has 1 aliphatic carbocycles. The molecule has 2 aromatic rings. The maximum atomic E-state index is 12.4. The predicted octanol–water partition coefficient (Wildman–Crippen LogP) is 3.09. The van der Waals surface area contributed by atoms with Gasteiger partial charge in [-0.05, 0) is 60.9 Å². The van der Waals surface area contributed by atoms with Crippen LogP contribution in [0.3, 0.4) is 0 Å². The number of ether oxygens (including phenoxy) is 2. The number of hydrogen-bond acceptors (Lipinski definition) is 7. The molecule has 0 radical (unpaired) electrons. The van der Waals surface area contributed by atoms with Crippen LogP contribution in [0.4, 0.5) is 5.69 Å². The molecule has 2 aromatic carbocycles. The highest BCUT2D eigenvalue weighted by molar-refractivity contribution is 7.92. The average Bonchev–Trinajstić information content (AvgIpc) is 2.87. The standard InChI is InChI=1S/C25H31ClN4O6S/c1-35-23-13-10-20(14-22(23)26)30(37(2,33)34)16-24(31)29-27-15-18-8-11-21(12-9-18)36-17-25(32)28-19-6-4-3-5-7-19/h8-15,19H,3-7,16-17H2,1-2H3,(H,28,32)(H,29,31)/b27-15-. The molecule has 0 aromatic heterocycles. The van der Waals surface area contributed by atoms with Crippen molar-refractivity contribution in [3.05, 3.63) is 53.1 Å². The number of carbonyl (C=O) groups is 2. The summed E-state index contributed by atoms with van der Waals surface area (Å²) >= 11 is 6.10. The number of methoxy groups -OCH3 is 1. The summed E-state index contributed by atoms with van der Waals surface area (Å²) in [5, 5.41) is 7.10. The fourth-order valence-electron chi connectivity index (χ4n) is 3.87. The molecular weight excluding hydrogens is 520 g/mol. The van der Waals surface area contributed by atoms with Crippen molar-refractivity contribution in [2.24, 2.45) is 5.10 Å². The number of benzene rings is 2. The highest BCUT2D eigenvalue weighted by atomic mass is 35.5. The highest BCUT2D eigenvalue weighted by Crippen LogP contribution is 2.30. The Kier molecular flexibility index (Phi) is 10.2. The molecule has 200 valence electrons. The molecule has 0 bridgehead atoms. The minimum absolute atomic E-state index is 0.0593. The van der Waals surface area contributed by atoms with Gasteiger partial charge in [0, 0.05) is 6.04 Å². The third kappa shape index (κ3) is 8.94. The number of nitrogens with one attached hydrogen (secondary N) is 2. The Bertz CT molecular complexity index is 1210. The summed E-state index contributed by atoms with van der Waals surface area (Å²) in [7, 11) is -2.33. The van der Waals surface area contributed by atoms with Gasteiger partial charge in [-0.1, -0.05) is 30.9 Å². The highest BCUT2D eigenvalue weighted by Gasteiger charge is 2.22. The number of carbonyl (C=O) groups excluding carboxylic acids is 2. The Morgan fingerprint density at radius 2 is 1.81 bits per heavy atom. The lowest BCUT2D eigenvalue weighted by atomic mass is 9.95. The number of halogens is 1. The third-order valence-electron chi connectivity index (χ3n) is 5.73. The zero-order chi connectivity index (χ0) is 26.8. The second kappa shape index (κ2) is 13.3. The van der Waals surface area contributed by atoms with Gasteiger partial charge in [-0.15, -0.1) is 0 Å². The summed E-state index contributed by atoms with van der Waals surface area (Å²) in [5.74, 6) is 0.131. The van der Waals surface area contributed by atoms with Gasteiger partial charge in [0.2, 0.25) is 10.0 Å². The molecule has 12 heteroatoms. The van der Waals surface area contributed by atoms with Crippen LogP contribution in [0.5, 0.6) is 11.5 Å². The van der Waals surface area contributed by atoms with Crippen LogP contribution >= 0.6 is 11.6 Å². The van der Waals surface area contributed by atoms with E-state index in [1.165, 1.54) is 37.9 Å². The Morgan fingerprint density at radius 1 is 1.11 bits per heavy atom. The molecule has 1 saturated carbocycles. The Balaban J connectivity index is 1.49. The minimum atomic E-state index is -3.77. The number of hydrazone groups is 1. The first kappa shape index (κ1) is 28.3. The maximum absolute atomic E-state index is 12.4. The van der Waals surface area contributed by atoms with Crippen LogP contribution < -0.4 is 24.5 Å². The van der Waals surface area contributed by atoms with E-state index in [4.69, 9.17) is 21.1 Å². The number of nitrogens with zero attached hydrogens (tertiary/aromatic N) is 2. The van der Waals surface area contributed by atoms with Gasteiger partial charge >= 0.3 is 0 Å². The molecule has 2 N–H and O–H groups in total. The maximum Gasteiger partial charge on any atom is 0.260 e. The van der Waals surface area contributed by atoms with Crippen molar-refractivity contribution in [3.8, 4) is 11.5 Å². The van der Waals surface area contributed by atoms with Crippen LogP contribution in [0.15, 0.2) is 47.6 Å². The molecule has 0 spiro atoms. The van der Waals surface area contributed by atoms with E-state index in [2.05, 4.69) is 15.8 Å². The normalized spacial score (nSPS) is 14.2. The van der Waals surface area contributed by atoms with Gasteiger partial charge in [-0.2, -0.15) is 5.10 Å². The molecular formula is C25H31ClN4O6S. The second-order valence-corrected chi connectivity index (χ2v) is 11.0. The SMILES string of the molecule is COc1ccc(N(CC(=O)N/N=C\c2ccc(OCC(=O)NC3CCCCC3)cc2)S(C)(=O)=O)cc1Cl. The Morgan fingerprint density at radius 3 is 2.43 bits per heavy atom. The van der Waals surface area contributed by atoms with Crippen LogP contribution in [0.1, 0.15) is 37.7 Å². The van der Waals surface area contributed by atoms with Crippen LogP contribution in [0.2, 0.25) is 5.02 Å². The molecule has 1 fully saturated rings. The predicted molar refractivity (Wildman–Crippen MR) is 143 cm³/mol. The molecule has 1 aliphatic rings. The fourth-order valence-corrected chi connectivity index (χ4v) is 4.97. The number of hydrogen-bond donors (Lipinski definition) is 2. The number of rotatable bonds is 11. The fraction of sp³-hybridized carbons (Fsp3) is 0.400. The lowest BCUT2D eigenvalue weighted by Gasteiger charge is -2.22.